The number of rotatable bonds is 7. The first-order valence-electron chi connectivity index (χ1n) is 10.8. The smallest absolute Gasteiger partial charge is 0.239 e. The van der Waals surface area contributed by atoms with E-state index in [0.717, 1.165) is 16.8 Å². The maximum atomic E-state index is 12.6. The molecule has 3 heterocycles. The molecule has 1 aromatic carbocycles. The molecule has 1 fully saturated rings. The zero-order valence-electron chi connectivity index (χ0n) is 18.8. The van der Waals surface area contributed by atoms with Crippen molar-refractivity contribution in [3.8, 4) is 17.1 Å². The number of ether oxygens (including phenoxy) is 1. The summed E-state index contributed by atoms with van der Waals surface area (Å²) >= 11 is 0. The van der Waals surface area contributed by atoms with Gasteiger partial charge in [0.2, 0.25) is 11.8 Å². The van der Waals surface area contributed by atoms with Gasteiger partial charge in [0.25, 0.3) is 0 Å². The predicted octanol–water partition coefficient (Wildman–Crippen LogP) is 2.41. The van der Waals surface area contributed by atoms with Crippen molar-refractivity contribution in [2.75, 3.05) is 38.2 Å². The third kappa shape index (κ3) is 5.49. The minimum absolute atomic E-state index is 0.0326. The molecular weight excluding hydrogens is 422 g/mol. The van der Waals surface area contributed by atoms with Gasteiger partial charge in [0.15, 0.2) is 11.7 Å². The molecular formula is C24H27N5O4. The van der Waals surface area contributed by atoms with Gasteiger partial charge >= 0.3 is 0 Å². The lowest BCUT2D eigenvalue weighted by molar-refractivity contribution is -0.135. The van der Waals surface area contributed by atoms with Crippen molar-refractivity contribution in [3.63, 3.8) is 0 Å². The summed E-state index contributed by atoms with van der Waals surface area (Å²) in [7, 11) is 1.61. The lowest BCUT2D eigenvalue weighted by atomic mass is 10.1. The number of carbonyl (C=O) groups excluding carboxylic acids is 2. The number of anilines is 1. The second-order valence-electron chi connectivity index (χ2n) is 7.82. The van der Waals surface area contributed by atoms with Crippen molar-refractivity contribution in [3.05, 3.63) is 60.4 Å². The number of carbonyl (C=O) groups is 2. The first kappa shape index (κ1) is 22.3. The van der Waals surface area contributed by atoms with Crippen LogP contribution in [0.2, 0.25) is 0 Å². The van der Waals surface area contributed by atoms with Crippen LogP contribution in [0, 0.1) is 6.92 Å². The van der Waals surface area contributed by atoms with Crippen LogP contribution < -0.4 is 15.0 Å². The van der Waals surface area contributed by atoms with E-state index in [-0.39, 0.29) is 18.4 Å². The van der Waals surface area contributed by atoms with Crippen LogP contribution in [0.3, 0.4) is 0 Å². The number of hydrogen-bond acceptors (Lipinski definition) is 7. The lowest BCUT2D eigenvalue weighted by Gasteiger charge is -2.24. The van der Waals surface area contributed by atoms with Gasteiger partial charge in [0.1, 0.15) is 5.75 Å². The Bertz CT molecular complexity index is 1120. The Hall–Kier alpha value is -3.88. The molecule has 33 heavy (non-hydrogen) atoms. The van der Waals surface area contributed by atoms with E-state index in [1.807, 2.05) is 30.3 Å². The average Bonchev–Trinajstić information content (AvgIpc) is 3.19. The number of benzene rings is 1. The van der Waals surface area contributed by atoms with Crippen molar-refractivity contribution in [1.82, 2.24) is 20.2 Å². The Morgan fingerprint density at radius 3 is 2.82 bits per heavy atom. The largest absolute Gasteiger partial charge is 0.496 e. The van der Waals surface area contributed by atoms with Crippen molar-refractivity contribution in [1.29, 1.82) is 0 Å². The van der Waals surface area contributed by atoms with E-state index in [4.69, 9.17) is 9.15 Å². The third-order valence-electron chi connectivity index (χ3n) is 5.57. The first-order chi connectivity index (χ1) is 16.0. The molecule has 1 aliphatic heterocycles. The predicted molar refractivity (Wildman–Crippen MR) is 123 cm³/mol. The molecule has 0 unspecified atom stereocenters. The van der Waals surface area contributed by atoms with E-state index in [0.29, 0.717) is 50.0 Å². The van der Waals surface area contributed by atoms with E-state index >= 15 is 0 Å². The summed E-state index contributed by atoms with van der Waals surface area (Å²) in [6.45, 7) is 3.87. The van der Waals surface area contributed by atoms with E-state index in [2.05, 4.69) is 20.2 Å². The van der Waals surface area contributed by atoms with Crippen molar-refractivity contribution in [2.45, 2.75) is 19.9 Å². The summed E-state index contributed by atoms with van der Waals surface area (Å²) in [5, 5.41) is 2.85. The van der Waals surface area contributed by atoms with Gasteiger partial charge in [-0.25, -0.2) is 4.98 Å². The van der Waals surface area contributed by atoms with Crippen LogP contribution >= 0.6 is 0 Å². The van der Waals surface area contributed by atoms with Gasteiger partial charge in [0, 0.05) is 63.7 Å². The number of oxazole rings is 1. The molecule has 9 heteroatoms. The summed E-state index contributed by atoms with van der Waals surface area (Å²) in [6.07, 6.45) is 5.40. The van der Waals surface area contributed by atoms with Crippen molar-refractivity contribution >= 4 is 17.5 Å². The Labute approximate surface area is 192 Å². The van der Waals surface area contributed by atoms with Crippen LogP contribution in [0.25, 0.3) is 11.3 Å². The number of pyridine rings is 1. The van der Waals surface area contributed by atoms with Crippen molar-refractivity contribution < 1.29 is 18.7 Å². The van der Waals surface area contributed by atoms with Gasteiger partial charge in [-0.15, -0.1) is 0 Å². The maximum Gasteiger partial charge on any atom is 0.239 e. The molecule has 0 aliphatic carbocycles. The summed E-state index contributed by atoms with van der Waals surface area (Å²) in [5.74, 6) is 1.69. The molecule has 0 atom stereocenters. The molecule has 172 valence electrons. The molecule has 4 rings (SSSR count). The molecule has 0 spiro atoms. The number of aromatic nitrogens is 2. The molecule has 0 saturated carbocycles. The summed E-state index contributed by atoms with van der Waals surface area (Å²) < 4.78 is 11.2. The van der Waals surface area contributed by atoms with Gasteiger partial charge in [-0.3, -0.25) is 14.6 Å². The average molecular weight is 450 g/mol. The molecule has 1 aliphatic rings. The number of methoxy groups -OCH3 is 1. The molecule has 9 nitrogen and oxygen atoms in total. The number of amides is 2. The minimum Gasteiger partial charge on any atom is -0.496 e. The molecule has 2 amide bonds. The lowest BCUT2D eigenvalue weighted by Crippen LogP contribution is -2.41. The SMILES string of the molecule is COc1cc(N2CCC(=O)N(CC(=O)NCc3cccnc3)CC2)ccc1-c1cnc(C)o1. The topological polar surface area (TPSA) is 101 Å². The third-order valence-corrected chi connectivity index (χ3v) is 5.57. The van der Waals surface area contributed by atoms with Gasteiger partial charge in [-0.05, 0) is 23.8 Å². The molecule has 1 saturated heterocycles. The number of nitrogens with zero attached hydrogens (tertiary/aromatic N) is 4. The fourth-order valence-corrected chi connectivity index (χ4v) is 3.79. The Balaban J connectivity index is 1.38. The van der Waals surface area contributed by atoms with Crippen LogP contribution in [0.5, 0.6) is 5.75 Å². The Kier molecular flexibility index (Phi) is 6.87. The second kappa shape index (κ2) is 10.2. The molecule has 1 N–H and O–H groups in total. The van der Waals surface area contributed by atoms with Gasteiger partial charge in [0.05, 0.1) is 25.4 Å². The standard InChI is InChI=1S/C24H27N5O4/c1-17-26-15-22(33-17)20-6-5-19(12-21(20)32-2)28-9-7-24(31)29(11-10-28)16-23(30)27-14-18-4-3-8-25-13-18/h3-6,8,12-13,15H,7,9-11,14,16H2,1-2H3,(H,27,30). The Morgan fingerprint density at radius 1 is 1.21 bits per heavy atom. The summed E-state index contributed by atoms with van der Waals surface area (Å²) in [4.78, 5) is 36.9. The highest BCUT2D eigenvalue weighted by Gasteiger charge is 2.24. The highest BCUT2D eigenvalue weighted by molar-refractivity contribution is 5.85. The van der Waals surface area contributed by atoms with E-state index < -0.39 is 0 Å². The zero-order chi connectivity index (χ0) is 23.2. The van der Waals surface area contributed by atoms with E-state index in [9.17, 15) is 9.59 Å². The maximum absolute atomic E-state index is 12.6. The van der Waals surface area contributed by atoms with Crippen LogP contribution in [0.4, 0.5) is 5.69 Å². The quantitative estimate of drug-likeness (QED) is 0.591. The highest BCUT2D eigenvalue weighted by atomic mass is 16.5. The number of hydrogen-bond donors (Lipinski definition) is 1. The Morgan fingerprint density at radius 2 is 2.09 bits per heavy atom. The van der Waals surface area contributed by atoms with Gasteiger partial charge in [-0.1, -0.05) is 6.07 Å². The van der Waals surface area contributed by atoms with Gasteiger partial charge in [-0.2, -0.15) is 0 Å². The fourth-order valence-electron chi connectivity index (χ4n) is 3.79. The zero-order valence-corrected chi connectivity index (χ0v) is 18.8. The van der Waals surface area contributed by atoms with Crippen LogP contribution in [-0.4, -0.2) is 60.0 Å². The van der Waals surface area contributed by atoms with Crippen LogP contribution in [0.15, 0.2) is 53.3 Å². The fraction of sp³-hybridized carbons (Fsp3) is 0.333. The molecule has 3 aromatic rings. The van der Waals surface area contributed by atoms with E-state index in [1.54, 1.807) is 37.5 Å². The van der Waals surface area contributed by atoms with Crippen LogP contribution in [0.1, 0.15) is 17.9 Å². The monoisotopic (exact) mass is 449 g/mol. The van der Waals surface area contributed by atoms with Crippen LogP contribution in [-0.2, 0) is 16.1 Å². The number of aryl methyl sites for hydroxylation is 1. The minimum atomic E-state index is -0.186. The highest BCUT2D eigenvalue weighted by Crippen LogP contribution is 2.34. The molecule has 0 radical (unpaired) electrons. The van der Waals surface area contributed by atoms with E-state index in [1.165, 1.54) is 0 Å². The summed E-state index contributed by atoms with van der Waals surface area (Å²) in [5.41, 5.74) is 2.68. The molecule has 2 aromatic heterocycles. The first-order valence-corrected chi connectivity index (χ1v) is 10.8. The van der Waals surface area contributed by atoms with Gasteiger partial charge < -0.3 is 24.3 Å². The number of nitrogens with one attached hydrogen (secondary N) is 1. The van der Waals surface area contributed by atoms with Crippen molar-refractivity contribution in [2.24, 2.45) is 0 Å². The normalized spacial score (nSPS) is 14.2. The summed E-state index contributed by atoms with van der Waals surface area (Å²) in [6, 6.07) is 9.57. The second-order valence-corrected chi connectivity index (χ2v) is 7.82. The molecule has 0 bridgehead atoms.